The predicted octanol–water partition coefficient (Wildman–Crippen LogP) is 2.81. The molecule has 3 rings (SSSR count). The molecule has 2 aromatic rings. The summed E-state index contributed by atoms with van der Waals surface area (Å²) >= 11 is 1.64. The van der Waals surface area contributed by atoms with Crippen molar-refractivity contribution in [2.75, 3.05) is 26.2 Å². The van der Waals surface area contributed by atoms with Gasteiger partial charge in [0.1, 0.15) is 0 Å². The average Bonchev–Trinajstić information content (AvgIpc) is 3.54. The number of likely N-dealkylation sites (tertiary alicyclic amines) is 1. The first-order valence-corrected chi connectivity index (χ1v) is 14.1. The second-order valence-electron chi connectivity index (χ2n) is 9.82. The van der Waals surface area contributed by atoms with Crippen molar-refractivity contribution < 1.29 is 24.3 Å². The third-order valence-electron chi connectivity index (χ3n) is 5.46. The van der Waals surface area contributed by atoms with Crippen LogP contribution in [0.4, 0.5) is 0 Å². The summed E-state index contributed by atoms with van der Waals surface area (Å²) in [4.78, 5) is 51.1. The van der Waals surface area contributed by atoms with Gasteiger partial charge in [0, 0.05) is 19.5 Å². The molecule has 2 heterocycles. The Morgan fingerprint density at radius 1 is 1.10 bits per heavy atom. The maximum absolute atomic E-state index is 11.6. The normalized spacial score (nSPS) is 14.8. The molecule has 1 aliphatic rings. The lowest BCUT2D eigenvalue weighted by molar-refractivity contribution is -0.132. The number of aryl methyl sites for hydroxylation is 1. The van der Waals surface area contributed by atoms with E-state index >= 15 is 0 Å². The van der Waals surface area contributed by atoms with Crippen LogP contribution < -0.4 is 16.0 Å². The van der Waals surface area contributed by atoms with E-state index in [9.17, 15) is 24.3 Å². The van der Waals surface area contributed by atoms with Gasteiger partial charge >= 0.3 is 0 Å². The van der Waals surface area contributed by atoms with E-state index in [1.165, 1.54) is 15.3 Å². The van der Waals surface area contributed by atoms with Crippen molar-refractivity contribution in [2.45, 2.75) is 66.5 Å². The number of hydrogen-bond donors (Lipinski definition) is 4. The van der Waals surface area contributed by atoms with Crippen LogP contribution in [0.3, 0.4) is 0 Å². The second kappa shape index (κ2) is 18.1. The SMILES string of the molecule is CC(C)C.CCC(=O)NCC(=O)NCC(=O)N1CCC(O)C1.Cc1ncsc1-c1ccc(C(C)NC=O)cc1. The van der Waals surface area contributed by atoms with E-state index in [2.05, 4.69) is 53.8 Å². The standard InChI is InChI=1S/C13H14N2OS.C11H19N3O4.C4H10/c1-9(14-7-16)11-3-5-12(6-4-11)13-10(2)15-8-17-13;1-2-9(16)12-5-10(17)13-6-11(18)14-4-3-8(15)7-14;1-4(2)3/h3-9H,1-2H3,(H,14,16);8,15H,2-7H2,1H3,(H,12,16)(H,13,17);4H,1-3H3. The fraction of sp³-hybridized carbons (Fsp3) is 0.536. The van der Waals surface area contributed by atoms with Gasteiger partial charge in [-0.2, -0.15) is 0 Å². The van der Waals surface area contributed by atoms with E-state index in [4.69, 9.17) is 0 Å². The van der Waals surface area contributed by atoms with Crippen molar-refractivity contribution in [3.63, 3.8) is 0 Å². The minimum atomic E-state index is -0.464. The van der Waals surface area contributed by atoms with Gasteiger partial charge in [0.15, 0.2) is 0 Å². The second-order valence-corrected chi connectivity index (χ2v) is 10.7. The highest BCUT2D eigenvalue weighted by atomic mass is 32.1. The number of nitrogens with one attached hydrogen (secondary N) is 3. The van der Waals surface area contributed by atoms with Crippen LogP contribution in [0.5, 0.6) is 0 Å². The molecular formula is C28H43N5O5S. The summed E-state index contributed by atoms with van der Waals surface area (Å²) < 4.78 is 0. The van der Waals surface area contributed by atoms with E-state index in [-0.39, 0.29) is 30.9 Å². The topological polar surface area (TPSA) is 141 Å². The van der Waals surface area contributed by atoms with Crippen molar-refractivity contribution in [1.82, 2.24) is 25.8 Å². The van der Waals surface area contributed by atoms with Gasteiger partial charge in [0.05, 0.1) is 41.3 Å². The molecule has 11 heteroatoms. The summed E-state index contributed by atoms with van der Waals surface area (Å²) in [5.41, 5.74) is 5.19. The van der Waals surface area contributed by atoms with Crippen molar-refractivity contribution in [1.29, 1.82) is 0 Å². The zero-order chi connectivity index (χ0) is 29.4. The summed E-state index contributed by atoms with van der Waals surface area (Å²) in [7, 11) is 0. The Labute approximate surface area is 235 Å². The van der Waals surface area contributed by atoms with E-state index in [1.54, 1.807) is 18.3 Å². The molecule has 0 spiro atoms. The van der Waals surface area contributed by atoms with Crippen LogP contribution in [-0.2, 0) is 19.2 Å². The number of aliphatic hydroxyl groups excluding tert-OH is 1. The monoisotopic (exact) mass is 561 g/mol. The maximum atomic E-state index is 11.6. The average molecular weight is 562 g/mol. The third kappa shape index (κ3) is 13.4. The Kier molecular flexibility index (Phi) is 15.6. The lowest BCUT2D eigenvalue weighted by Gasteiger charge is -2.15. The molecule has 2 atom stereocenters. The highest BCUT2D eigenvalue weighted by Gasteiger charge is 2.24. The van der Waals surface area contributed by atoms with Crippen LogP contribution in [0.1, 0.15) is 64.8 Å². The number of nitrogens with zero attached hydrogens (tertiary/aromatic N) is 2. The fourth-order valence-corrected chi connectivity index (χ4v) is 4.13. The van der Waals surface area contributed by atoms with Gasteiger partial charge in [-0.15, -0.1) is 11.3 Å². The summed E-state index contributed by atoms with van der Waals surface area (Å²) in [5.74, 6) is 0.00533. The zero-order valence-corrected chi connectivity index (χ0v) is 24.6. The van der Waals surface area contributed by atoms with E-state index in [1.807, 2.05) is 31.5 Å². The first-order chi connectivity index (χ1) is 18.5. The van der Waals surface area contributed by atoms with E-state index in [0.29, 0.717) is 25.9 Å². The van der Waals surface area contributed by atoms with Crippen LogP contribution in [-0.4, -0.2) is 71.4 Å². The highest BCUT2D eigenvalue weighted by molar-refractivity contribution is 7.13. The molecule has 39 heavy (non-hydrogen) atoms. The lowest BCUT2D eigenvalue weighted by atomic mass is 10.1. The van der Waals surface area contributed by atoms with Gasteiger partial charge in [-0.05, 0) is 37.3 Å². The Bertz CT molecular complexity index is 1040. The van der Waals surface area contributed by atoms with Crippen LogP contribution in [0.2, 0.25) is 0 Å². The number of aromatic nitrogens is 1. The molecule has 1 aromatic carbocycles. The molecule has 0 radical (unpaired) electrons. The predicted molar refractivity (Wildman–Crippen MR) is 154 cm³/mol. The molecule has 1 saturated heterocycles. The summed E-state index contributed by atoms with van der Waals surface area (Å²) in [6.45, 7) is 12.8. The highest BCUT2D eigenvalue weighted by Crippen LogP contribution is 2.28. The van der Waals surface area contributed by atoms with Gasteiger partial charge in [-0.3, -0.25) is 19.2 Å². The maximum Gasteiger partial charge on any atom is 0.242 e. The van der Waals surface area contributed by atoms with E-state index in [0.717, 1.165) is 23.6 Å². The Balaban J connectivity index is 0.000000343. The van der Waals surface area contributed by atoms with Gasteiger partial charge in [0.2, 0.25) is 24.1 Å². The van der Waals surface area contributed by atoms with Crippen LogP contribution >= 0.6 is 11.3 Å². The van der Waals surface area contributed by atoms with Crippen LogP contribution in [0, 0.1) is 12.8 Å². The largest absolute Gasteiger partial charge is 0.391 e. The quantitative estimate of drug-likeness (QED) is 0.347. The number of β-amino-alcohol motifs (C(OH)–C–C–N with tert-alkyl or cyclic N) is 1. The molecule has 4 N–H and O–H groups in total. The zero-order valence-electron chi connectivity index (χ0n) is 23.8. The molecule has 1 aromatic heterocycles. The fourth-order valence-electron chi connectivity index (χ4n) is 3.32. The number of hydrogen-bond acceptors (Lipinski definition) is 7. The lowest BCUT2D eigenvalue weighted by Crippen LogP contribution is -2.43. The third-order valence-corrected chi connectivity index (χ3v) is 6.43. The minimum absolute atomic E-state index is 0.0455. The number of thiazole rings is 1. The molecule has 2 unspecified atom stereocenters. The van der Waals surface area contributed by atoms with Gasteiger partial charge < -0.3 is 26.0 Å². The molecule has 216 valence electrons. The molecule has 4 amide bonds. The molecule has 1 aliphatic heterocycles. The summed E-state index contributed by atoms with van der Waals surface area (Å²) in [6.07, 6.45) is 1.16. The number of aliphatic hydroxyl groups is 1. The number of carbonyl (C=O) groups is 4. The molecule has 1 fully saturated rings. The minimum Gasteiger partial charge on any atom is -0.391 e. The number of benzene rings is 1. The number of rotatable bonds is 9. The molecule has 0 aliphatic carbocycles. The van der Waals surface area contributed by atoms with Crippen molar-refractivity contribution in [3.05, 3.63) is 41.0 Å². The van der Waals surface area contributed by atoms with Crippen molar-refractivity contribution in [3.8, 4) is 10.4 Å². The Morgan fingerprint density at radius 3 is 2.21 bits per heavy atom. The smallest absolute Gasteiger partial charge is 0.242 e. The number of amides is 4. The molecular weight excluding hydrogens is 518 g/mol. The number of carbonyl (C=O) groups excluding carboxylic acids is 4. The van der Waals surface area contributed by atoms with Gasteiger partial charge in [-0.25, -0.2) is 4.98 Å². The summed E-state index contributed by atoms with van der Waals surface area (Å²) in [6, 6.07) is 8.26. The van der Waals surface area contributed by atoms with Gasteiger partial charge in [-0.1, -0.05) is 52.0 Å². The van der Waals surface area contributed by atoms with Crippen molar-refractivity contribution in [2.24, 2.45) is 5.92 Å². The van der Waals surface area contributed by atoms with E-state index < -0.39 is 12.0 Å². The molecule has 0 saturated carbocycles. The van der Waals surface area contributed by atoms with Crippen molar-refractivity contribution >= 4 is 35.5 Å². The van der Waals surface area contributed by atoms with Gasteiger partial charge in [0.25, 0.3) is 0 Å². The molecule has 0 bridgehead atoms. The Hall–Kier alpha value is -3.31. The molecule has 10 nitrogen and oxygen atoms in total. The van der Waals surface area contributed by atoms with Crippen LogP contribution in [0.15, 0.2) is 29.8 Å². The van der Waals surface area contributed by atoms with Crippen LogP contribution in [0.25, 0.3) is 10.4 Å². The Morgan fingerprint density at radius 2 is 1.72 bits per heavy atom. The first kappa shape index (κ1) is 33.7. The summed E-state index contributed by atoms with van der Waals surface area (Å²) in [5, 5.41) is 16.9. The first-order valence-electron chi connectivity index (χ1n) is 13.2.